The van der Waals surface area contributed by atoms with Crippen LogP contribution in [0.2, 0.25) is 0 Å². The predicted molar refractivity (Wildman–Crippen MR) is 92.5 cm³/mol. The number of rotatable bonds is 5. The number of piperidine rings is 2. The third kappa shape index (κ3) is 3.24. The van der Waals surface area contributed by atoms with Crippen LogP contribution >= 0.6 is 0 Å². The van der Waals surface area contributed by atoms with Crippen LogP contribution in [-0.4, -0.2) is 46.1 Å². The molecule has 1 N–H and O–H groups in total. The van der Waals surface area contributed by atoms with Crippen molar-refractivity contribution in [3.63, 3.8) is 0 Å². The van der Waals surface area contributed by atoms with Crippen molar-refractivity contribution in [3.05, 3.63) is 30.3 Å². The Hall–Kier alpha value is -0.960. The number of sulfonamides is 2. The summed E-state index contributed by atoms with van der Waals surface area (Å²) in [6.07, 6.45) is 3.03. The minimum atomic E-state index is -4.10. The van der Waals surface area contributed by atoms with Crippen molar-refractivity contribution in [1.29, 1.82) is 0 Å². The Morgan fingerprint density at radius 2 is 1.92 bits per heavy atom. The van der Waals surface area contributed by atoms with Gasteiger partial charge in [0.2, 0.25) is 10.0 Å². The predicted octanol–water partition coefficient (Wildman–Crippen LogP) is 1.56. The Kier molecular flexibility index (Phi) is 4.76. The first kappa shape index (κ1) is 17.8. The van der Waals surface area contributed by atoms with Gasteiger partial charge >= 0.3 is 0 Å². The van der Waals surface area contributed by atoms with Crippen LogP contribution in [0.5, 0.6) is 0 Å². The molecule has 3 rings (SSSR count). The molecule has 0 saturated carbocycles. The molecule has 2 bridgehead atoms. The Bertz CT molecular complexity index is 779. The van der Waals surface area contributed by atoms with E-state index in [0.717, 1.165) is 25.9 Å². The number of benzene rings is 1. The zero-order valence-electron chi connectivity index (χ0n) is 13.8. The SMILES string of the molecule is CCC1(S(=O)(=O)NS(=O)(=O)c2ccccc2)CC2CCCN(C2)C1. The molecule has 3 unspecified atom stereocenters. The Morgan fingerprint density at radius 1 is 1.21 bits per heavy atom. The second kappa shape index (κ2) is 6.40. The molecule has 1 aromatic rings. The molecule has 3 atom stereocenters. The minimum Gasteiger partial charge on any atom is -0.301 e. The van der Waals surface area contributed by atoms with Gasteiger partial charge in [0.1, 0.15) is 0 Å². The molecule has 2 aliphatic heterocycles. The number of hydrogen-bond donors (Lipinski definition) is 1. The summed E-state index contributed by atoms with van der Waals surface area (Å²) in [5.41, 5.74) is 0. The van der Waals surface area contributed by atoms with Crippen molar-refractivity contribution in [1.82, 2.24) is 9.03 Å². The molecule has 2 heterocycles. The summed E-state index contributed by atoms with van der Waals surface area (Å²) in [5, 5.41) is 0. The molecule has 0 aromatic heterocycles. The standard InChI is InChI=1S/C16H24N2O4S2/c1-2-16(11-14-7-6-10-18(12-14)13-16)24(21,22)17-23(19,20)15-8-4-3-5-9-15/h3-5,8-9,14,17H,2,6-7,10-13H2,1H3. The summed E-state index contributed by atoms with van der Waals surface area (Å²) in [5.74, 6) is 0.323. The Morgan fingerprint density at radius 3 is 2.54 bits per heavy atom. The van der Waals surface area contributed by atoms with Crippen LogP contribution in [0.25, 0.3) is 0 Å². The van der Waals surface area contributed by atoms with Gasteiger partial charge in [0.15, 0.2) is 0 Å². The molecule has 0 radical (unpaired) electrons. The largest absolute Gasteiger partial charge is 0.301 e. The molecule has 0 aliphatic carbocycles. The number of fused-ring (bicyclic) bond motifs is 2. The van der Waals surface area contributed by atoms with E-state index in [4.69, 9.17) is 0 Å². The van der Waals surface area contributed by atoms with E-state index in [1.165, 1.54) is 12.1 Å². The maximum atomic E-state index is 13.0. The molecule has 2 fully saturated rings. The van der Waals surface area contributed by atoms with E-state index in [1.54, 1.807) is 18.2 Å². The average molecular weight is 373 g/mol. The van der Waals surface area contributed by atoms with Crippen LogP contribution in [0.15, 0.2) is 35.2 Å². The van der Waals surface area contributed by atoms with Gasteiger partial charge in [0.05, 0.1) is 9.64 Å². The highest BCUT2D eigenvalue weighted by molar-refractivity contribution is 8.05. The lowest BCUT2D eigenvalue weighted by molar-refractivity contribution is 0.0914. The van der Waals surface area contributed by atoms with E-state index < -0.39 is 24.8 Å². The van der Waals surface area contributed by atoms with Crippen LogP contribution in [0.3, 0.4) is 0 Å². The van der Waals surface area contributed by atoms with Crippen LogP contribution in [0, 0.1) is 5.92 Å². The van der Waals surface area contributed by atoms with E-state index in [2.05, 4.69) is 4.90 Å². The molecule has 0 spiro atoms. The van der Waals surface area contributed by atoms with E-state index in [1.807, 2.05) is 11.1 Å². The van der Waals surface area contributed by atoms with Crippen molar-refractivity contribution in [3.8, 4) is 0 Å². The fourth-order valence-corrected chi connectivity index (χ4v) is 7.93. The van der Waals surface area contributed by atoms with Gasteiger partial charge in [-0.1, -0.05) is 25.1 Å². The first-order chi connectivity index (χ1) is 11.3. The zero-order valence-corrected chi connectivity index (χ0v) is 15.4. The summed E-state index contributed by atoms with van der Waals surface area (Å²) >= 11 is 0. The molecule has 2 aliphatic rings. The summed E-state index contributed by atoms with van der Waals surface area (Å²) < 4.78 is 52.0. The summed E-state index contributed by atoms with van der Waals surface area (Å²) in [7, 11) is -8.12. The van der Waals surface area contributed by atoms with Crippen molar-refractivity contribution in [2.75, 3.05) is 19.6 Å². The third-order valence-electron chi connectivity index (χ3n) is 5.26. The topological polar surface area (TPSA) is 83.5 Å². The molecule has 24 heavy (non-hydrogen) atoms. The quantitative estimate of drug-likeness (QED) is 0.848. The van der Waals surface area contributed by atoms with Gasteiger partial charge in [0.25, 0.3) is 10.0 Å². The van der Waals surface area contributed by atoms with Crippen LogP contribution in [0.4, 0.5) is 0 Å². The first-order valence-corrected chi connectivity index (χ1v) is 11.3. The monoisotopic (exact) mass is 372 g/mol. The van der Waals surface area contributed by atoms with Crippen LogP contribution < -0.4 is 4.13 Å². The van der Waals surface area contributed by atoms with Crippen molar-refractivity contribution < 1.29 is 16.8 Å². The summed E-state index contributed by atoms with van der Waals surface area (Å²) in [6.45, 7) is 4.04. The highest BCUT2D eigenvalue weighted by Gasteiger charge is 2.50. The molecular formula is C16H24N2O4S2. The lowest BCUT2D eigenvalue weighted by Crippen LogP contribution is -2.60. The van der Waals surface area contributed by atoms with Crippen molar-refractivity contribution in [2.24, 2.45) is 5.92 Å². The molecule has 8 heteroatoms. The van der Waals surface area contributed by atoms with E-state index in [-0.39, 0.29) is 4.90 Å². The fraction of sp³-hybridized carbons (Fsp3) is 0.625. The molecular weight excluding hydrogens is 348 g/mol. The first-order valence-electron chi connectivity index (χ1n) is 8.34. The van der Waals surface area contributed by atoms with Gasteiger partial charge in [0, 0.05) is 13.1 Å². The summed E-state index contributed by atoms with van der Waals surface area (Å²) in [6, 6.07) is 7.64. The van der Waals surface area contributed by atoms with Crippen molar-refractivity contribution >= 4 is 20.0 Å². The smallest absolute Gasteiger partial charge is 0.253 e. The summed E-state index contributed by atoms with van der Waals surface area (Å²) in [4.78, 5) is 2.13. The highest BCUT2D eigenvalue weighted by atomic mass is 32.3. The van der Waals surface area contributed by atoms with Gasteiger partial charge in [-0.15, -0.1) is 4.13 Å². The molecule has 6 nitrogen and oxygen atoms in total. The normalized spacial score (nSPS) is 30.9. The van der Waals surface area contributed by atoms with Crippen LogP contribution in [-0.2, 0) is 20.0 Å². The Labute approximate surface area is 144 Å². The number of nitrogens with zero attached hydrogens (tertiary/aromatic N) is 1. The van der Waals surface area contributed by atoms with Gasteiger partial charge < -0.3 is 4.90 Å². The maximum Gasteiger partial charge on any atom is 0.253 e. The second-order valence-corrected chi connectivity index (χ2v) is 10.9. The zero-order chi connectivity index (χ0) is 17.4. The Balaban J connectivity index is 1.91. The minimum absolute atomic E-state index is 0.0314. The van der Waals surface area contributed by atoms with Gasteiger partial charge in [-0.3, -0.25) is 0 Å². The molecule has 0 amide bonds. The second-order valence-electron chi connectivity index (χ2n) is 6.89. The number of hydrogen-bond acceptors (Lipinski definition) is 5. The lowest BCUT2D eigenvalue weighted by atomic mass is 9.81. The maximum absolute atomic E-state index is 13.0. The third-order valence-corrected chi connectivity index (χ3v) is 9.64. The lowest BCUT2D eigenvalue weighted by Gasteiger charge is -2.47. The number of nitrogens with one attached hydrogen (secondary N) is 1. The van der Waals surface area contributed by atoms with Crippen LogP contribution in [0.1, 0.15) is 32.6 Å². The van der Waals surface area contributed by atoms with E-state index in [9.17, 15) is 16.8 Å². The van der Waals surface area contributed by atoms with E-state index in [0.29, 0.717) is 25.3 Å². The van der Waals surface area contributed by atoms with Crippen molar-refractivity contribution in [2.45, 2.75) is 42.2 Å². The van der Waals surface area contributed by atoms with Gasteiger partial charge in [-0.25, -0.2) is 16.8 Å². The van der Waals surface area contributed by atoms with Gasteiger partial charge in [-0.2, -0.15) is 0 Å². The fourth-order valence-electron chi connectivity index (χ4n) is 3.98. The average Bonchev–Trinajstić information content (AvgIpc) is 2.54. The molecule has 2 saturated heterocycles. The van der Waals surface area contributed by atoms with E-state index >= 15 is 0 Å². The highest BCUT2D eigenvalue weighted by Crippen LogP contribution is 2.39. The molecule has 134 valence electrons. The molecule has 1 aromatic carbocycles. The van der Waals surface area contributed by atoms with Gasteiger partial charge in [-0.05, 0) is 50.3 Å².